The van der Waals surface area contributed by atoms with Crippen molar-refractivity contribution >= 4 is 0 Å². The lowest BCUT2D eigenvalue weighted by atomic mass is 9.74. The van der Waals surface area contributed by atoms with Crippen molar-refractivity contribution < 1.29 is 9.47 Å². The highest BCUT2D eigenvalue weighted by Gasteiger charge is 2.48. The molecule has 64 valence electrons. The summed E-state index contributed by atoms with van der Waals surface area (Å²) in [4.78, 5) is 0. The van der Waals surface area contributed by atoms with E-state index >= 15 is 0 Å². The molecule has 0 saturated carbocycles. The Kier molecular flexibility index (Phi) is 1.52. The van der Waals surface area contributed by atoms with E-state index in [9.17, 15) is 0 Å². The number of rotatable bonds is 0. The molecule has 2 bridgehead atoms. The molecule has 11 heavy (non-hydrogen) atoms. The molecular formula is C9H16O2. The van der Waals surface area contributed by atoms with E-state index in [1.807, 2.05) is 0 Å². The van der Waals surface area contributed by atoms with Crippen LogP contribution in [0.3, 0.4) is 0 Å². The van der Waals surface area contributed by atoms with Gasteiger partial charge in [-0.2, -0.15) is 0 Å². The third-order valence-corrected chi connectivity index (χ3v) is 3.50. The Morgan fingerprint density at radius 3 is 2.45 bits per heavy atom. The lowest BCUT2D eigenvalue weighted by Crippen LogP contribution is -2.59. The van der Waals surface area contributed by atoms with Crippen LogP contribution < -0.4 is 0 Å². The fourth-order valence-corrected chi connectivity index (χ4v) is 2.08. The van der Waals surface area contributed by atoms with Crippen molar-refractivity contribution in [3.63, 3.8) is 0 Å². The lowest BCUT2D eigenvalue weighted by Gasteiger charge is -2.52. The first-order valence-corrected chi connectivity index (χ1v) is 4.39. The zero-order chi connectivity index (χ0) is 8.06. The van der Waals surface area contributed by atoms with Crippen molar-refractivity contribution in [1.82, 2.24) is 0 Å². The van der Waals surface area contributed by atoms with Crippen LogP contribution in [0.2, 0.25) is 0 Å². The molecule has 0 aromatic carbocycles. The lowest BCUT2D eigenvalue weighted by molar-refractivity contribution is -0.269. The average Bonchev–Trinajstić information content (AvgIpc) is 2.01. The van der Waals surface area contributed by atoms with Gasteiger partial charge in [0.15, 0.2) is 0 Å². The van der Waals surface area contributed by atoms with Crippen LogP contribution in [0.25, 0.3) is 0 Å². The van der Waals surface area contributed by atoms with E-state index in [0.717, 1.165) is 13.2 Å². The third-order valence-electron chi connectivity index (χ3n) is 3.50. The van der Waals surface area contributed by atoms with E-state index in [2.05, 4.69) is 20.8 Å². The van der Waals surface area contributed by atoms with Gasteiger partial charge in [-0.25, -0.2) is 0 Å². The standard InChI is InChI=1S/C9H16O2/c1-6-7(2)9(3)5-10-8(6)4-11-9/h6-8H,4-5H2,1-3H3/t6-,7+,8?,9?/m0/s1. The number of hydrogen-bond acceptors (Lipinski definition) is 2. The molecule has 0 N–H and O–H groups in total. The zero-order valence-corrected chi connectivity index (χ0v) is 7.46. The molecule has 3 rings (SSSR count). The van der Waals surface area contributed by atoms with E-state index in [0.29, 0.717) is 17.9 Å². The molecule has 0 spiro atoms. The quantitative estimate of drug-likeness (QED) is 0.528. The van der Waals surface area contributed by atoms with Crippen LogP contribution >= 0.6 is 0 Å². The number of fused-ring (bicyclic) bond motifs is 3. The van der Waals surface area contributed by atoms with Gasteiger partial charge in [-0.1, -0.05) is 13.8 Å². The van der Waals surface area contributed by atoms with Gasteiger partial charge in [-0.15, -0.1) is 0 Å². The van der Waals surface area contributed by atoms with Crippen LogP contribution in [0.5, 0.6) is 0 Å². The van der Waals surface area contributed by atoms with Crippen LogP contribution in [0.1, 0.15) is 20.8 Å². The van der Waals surface area contributed by atoms with Crippen molar-refractivity contribution in [2.45, 2.75) is 32.5 Å². The van der Waals surface area contributed by atoms with E-state index in [-0.39, 0.29) is 5.60 Å². The van der Waals surface area contributed by atoms with Gasteiger partial charge in [0.2, 0.25) is 0 Å². The summed E-state index contributed by atoms with van der Waals surface area (Å²) in [6, 6.07) is 0. The minimum Gasteiger partial charge on any atom is -0.373 e. The summed E-state index contributed by atoms with van der Waals surface area (Å²) in [5.74, 6) is 1.29. The van der Waals surface area contributed by atoms with Crippen molar-refractivity contribution in [2.24, 2.45) is 11.8 Å². The minimum atomic E-state index is -0.00579. The molecule has 4 atom stereocenters. The normalized spacial score (nSPS) is 56.5. The largest absolute Gasteiger partial charge is 0.373 e. The second-order valence-electron chi connectivity index (χ2n) is 4.12. The fraction of sp³-hybridized carbons (Fsp3) is 1.00. The molecule has 2 unspecified atom stereocenters. The Morgan fingerprint density at radius 2 is 2.09 bits per heavy atom. The third kappa shape index (κ3) is 0.926. The molecule has 2 nitrogen and oxygen atoms in total. The highest BCUT2D eigenvalue weighted by molar-refractivity contribution is 4.96. The van der Waals surface area contributed by atoms with Crippen LogP contribution in [-0.4, -0.2) is 24.9 Å². The molecule has 0 aromatic heterocycles. The van der Waals surface area contributed by atoms with Crippen LogP contribution in [0, 0.1) is 11.8 Å². The number of ether oxygens (including phenoxy) is 2. The molecule has 3 fully saturated rings. The molecule has 3 saturated heterocycles. The summed E-state index contributed by atoms with van der Waals surface area (Å²) in [5, 5.41) is 0. The maximum atomic E-state index is 5.72. The maximum absolute atomic E-state index is 5.72. The molecule has 0 amide bonds. The molecule has 2 heteroatoms. The van der Waals surface area contributed by atoms with E-state index < -0.39 is 0 Å². The fourth-order valence-electron chi connectivity index (χ4n) is 2.08. The van der Waals surface area contributed by atoms with Gasteiger partial charge >= 0.3 is 0 Å². The predicted molar refractivity (Wildman–Crippen MR) is 42.4 cm³/mol. The summed E-state index contributed by atoms with van der Waals surface area (Å²) >= 11 is 0. The first kappa shape index (κ1) is 7.56. The molecule has 3 aliphatic heterocycles. The smallest absolute Gasteiger partial charge is 0.0917 e. The van der Waals surface area contributed by atoms with Crippen molar-refractivity contribution in [1.29, 1.82) is 0 Å². The summed E-state index contributed by atoms with van der Waals surface area (Å²) in [6.45, 7) is 8.25. The zero-order valence-electron chi connectivity index (χ0n) is 7.46. The van der Waals surface area contributed by atoms with Gasteiger partial charge in [0.25, 0.3) is 0 Å². The van der Waals surface area contributed by atoms with Gasteiger partial charge in [0.1, 0.15) is 0 Å². The summed E-state index contributed by atoms with van der Waals surface area (Å²) < 4.78 is 11.4. The first-order valence-electron chi connectivity index (χ1n) is 4.39. The Hall–Kier alpha value is -0.0800. The van der Waals surface area contributed by atoms with Gasteiger partial charge in [-0.05, 0) is 18.8 Å². The van der Waals surface area contributed by atoms with Crippen molar-refractivity contribution in [3.8, 4) is 0 Å². The Labute approximate surface area is 67.9 Å². The SMILES string of the molecule is C[C@@H]1C2COC(C)(CO2)[C@@H]1C. The van der Waals surface area contributed by atoms with Crippen molar-refractivity contribution in [2.75, 3.05) is 13.2 Å². The average molecular weight is 156 g/mol. The summed E-state index contributed by atoms with van der Waals surface area (Å²) in [7, 11) is 0. The monoisotopic (exact) mass is 156 g/mol. The molecule has 3 heterocycles. The predicted octanol–water partition coefficient (Wildman–Crippen LogP) is 1.45. The topological polar surface area (TPSA) is 18.5 Å². The molecular weight excluding hydrogens is 140 g/mol. The Balaban J connectivity index is 2.23. The van der Waals surface area contributed by atoms with Crippen LogP contribution in [0.4, 0.5) is 0 Å². The van der Waals surface area contributed by atoms with Gasteiger partial charge in [-0.3, -0.25) is 0 Å². The summed E-state index contributed by atoms with van der Waals surface area (Å²) in [5.41, 5.74) is -0.00579. The van der Waals surface area contributed by atoms with Gasteiger partial charge in [0, 0.05) is 0 Å². The Morgan fingerprint density at radius 1 is 1.36 bits per heavy atom. The number of hydrogen-bond donors (Lipinski definition) is 0. The molecule has 0 radical (unpaired) electrons. The molecule has 0 aromatic rings. The van der Waals surface area contributed by atoms with Crippen molar-refractivity contribution in [3.05, 3.63) is 0 Å². The first-order chi connectivity index (χ1) is 5.13. The van der Waals surface area contributed by atoms with Gasteiger partial charge in [0.05, 0.1) is 24.9 Å². The van der Waals surface area contributed by atoms with E-state index in [4.69, 9.17) is 9.47 Å². The highest BCUT2D eigenvalue weighted by atomic mass is 16.6. The highest BCUT2D eigenvalue weighted by Crippen LogP contribution is 2.41. The van der Waals surface area contributed by atoms with Gasteiger partial charge < -0.3 is 9.47 Å². The molecule has 3 aliphatic rings. The minimum absolute atomic E-state index is 0.00579. The van der Waals surface area contributed by atoms with E-state index in [1.165, 1.54) is 0 Å². The van der Waals surface area contributed by atoms with E-state index in [1.54, 1.807) is 0 Å². The maximum Gasteiger partial charge on any atom is 0.0917 e. The second-order valence-corrected chi connectivity index (χ2v) is 4.12. The molecule has 0 aliphatic carbocycles. The van der Waals surface area contributed by atoms with Crippen LogP contribution in [0.15, 0.2) is 0 Å². The Bertz CT molecular complexity index is 159. The van der Waals surface area contributed by atoms with Crippen LogP contribution in [-0.2, 0) is 9.47 Å². The summed E-state index contributed by atoms with van der Waals surface area (Å²) in [6.07, 6.45) is 0.354. The second kappa shape index (κ2) is 2.20.